The van der Waals surface area contributed by atoms with Crippen molar-refractivity contribution in [3.8, 4) is 0 Å². The Morgan fingerprint density at radius 1 is 1.47 bits per heavy atom. The monoisotopic (exact) mass is 227 g/mol. The standard InChI is InChI=1S/C11H18ClN3/c1-8-4-3-5-10(9(8)2)15-7-13-14-11(15)6-12/h7-10H,3-6H2,1-2H3. The Balaban J connectivity index is 2.22. The van der Waals surface area contributed by atoms with E-state index in [2.05, 4.69) is 28.6 Å². The van der Waals surface area contributed by atoms with Gasteiger partial charge in [0.15, 0.2) is 0 Å². The molecule has 0 spiro atoms. The number of nitrogens with zero attached hydrogens (tertiary/aromatic N) is 3. The van der Waals surface area contributed by atoms with Gasteiger partial charge in [0.05, 0.1) is 5.88 Å². The van der Waals surface area contributed by atoms with Gasteiger partial charge in [0.1, 0.15) is 12.2 Å². The highest BCUT2D eigenvalue weighted by Gasteiger charge is 2.29. The Morgan fingerprint density at radius 2 is 2.27 bits per heavy atom. The van der Waals surface area contributed by atoms with E-state index in [1.54, 1.807) is 0 Å². The molecule has 1 aliphatic rings. The van der Waals surface area contributed by atoms with Crippen molar-refractivity contribution in [2.45, 2.75) is 45.0 Å². The van der Waals surface area contributed by atoms with E-state index in [9.17, 15) is 0 Å². The summed E-state index contributed by atoms with van der Waals surface area (Å²) in [5.41, 5.74) is 0. The molecule has 0 N–H and O–H groups in total. The number of halogens is 1. The maximum Gasteiger partial charge on any atom is 0.148 e. The van der Waals surface area contributed by atoms with Gasteiger partial charge in [-0.1, -0.05) is 26.7 Å². The van der Waals surface area contributed by atoms with Crippen LogP contribution < -0.4 is 0 Å². The second-order valence-electron chi connectivity index (χ2n) is 4.62. The molecule has 1 aromatic heterocycles. The van der Waals surface area contributed by atoms with Crippen LogP contribution in [0.4, 0.5) is 0 Å². The zero-order chi connectivity index (χ0) is 10.8. The van der Waals surface area contributed by atoms with Gasteiger partial charge in [-0.3, -0.25) is 0 Å². The Labute approximate surface area is 95.8 Å². The molecule has 0 bridgehead atoms. The molecule has 3 atom stereocenters. The van der Waals surface area contributed by atoms with Crippen LogP contribution in [0.15, 0.2) is 6.33 Å². The summed E-state index contributed by atoms with van der Waals surface area (Å²) in [4.78, 5) is 0. The van der Waals surface area contributed by atoms with Crippen molar-refractivity contribution in [3.63, 3.8) is 0 Å². The average Bonchev–Trinajstić information content (AvgIpc) is 2.70. The van der Waals surface area contributed by atoms with Gasteiger partial charge < -0.3 is 4.57 Å². The Morgan fingerprint density at radius 3 is 3.00 bits per heavy atom. The first-order valence-electron chi connectivity index (χ1n) is 5.68. The highest BCUT2D eigenvalue weighted by Crippen LogP contribution is 2.37. The van der Waals surface area contributed by atoms with E-state index in [4.69, 9.17) is 11.6 Å². The Bertz CT molecular complexity index is 323. The molecule has 3 nitrogen and oxygen atoms in total. The van der Waals surface area contributed by atoms with Crippen LogP contribution in [0.25, 0.3) is 0 Å². The van der Waals surface area contributed by atoms with Crippen LogP contribution in [0.3, 0.4) is 0 Å². The van der Waals surface area contributed by atoms with Gasteiger partial charge in [-0.2, -0.15) is 0 Å². The fraction of sp³-hybridized carbons (Fsp3) is 0.818. The molecular weight excluding hydrogens is 210 g/mol. The molecule has 0 radical (unpaired) electrons. The maximum absolute atomic E-state index is 5.85. The summed E-state index contributed by atoms with van der Waals surface area (Å²) in [5.74, 6) is 2.84. The lowest BCUT2D eigenvalue weighted by atomic mass is 9.78. The third-order valence-electron chi connectivity index (χ3n) is 3.79. The van der Waals surface area contributed by atoms with Gasteiger partial charge in [0.25, 0.3) is 0 Å². The SMILES string of the molecule is CC1CCCC(n2cnnc2CCl)C1C. The minimum Gasteiger partial charge on any atom is -0.313 e. The molecule has 0 aromatic carbocycles. The lowest BCUT2D eigenvalue weighted by Gasteiger charge is -2.35. The van der Waals surface area contributed by atoms with Crippen LogP contribution in [0.1, 0.15) is 45.0 Å². The fourth-order valence-corrected chi connectivity index (χ4v) is 2.78. The summed E-state index contributed by atoms with van der Waals surface area (Å²) in [6.07, 6.45) is 5.70. The first-order chi connectivity index (χ1) is 7.24. The fourth-order valence-electron chi connectivity index (χ4n) is 2.59. The summed E-state index contributed by atoms with van der Waals surface area (Å²) in [6, 6.07) is 0.539. The lowest BCUT2D eigenvalue weighted by molar-refractivity contribution is 0.183. The summed E-state index contributed by atoms with van der Waals surface area (Å²) in [6.45, 7) is 4.66. The normalized spacial score (nSPS) is 31.8. The summed E-state index contributed by atoms with van der Waals surface area (Å²) in [7, 11) is 0. The molecule has 0 saturated heterocycles. The molecule has 1 saturated carbocycles. The van der Waals surface area contributed by atoms with E-state index in [0.717, 1.165) is 11.7 Å². The van der Waals surface area contributed by atoms with Gasteiger partial charge in [-0.05, 0) is 18.3 Å². The van der Waals surface area contributed by atoms with Crippen molar-refractivity contribution >= 4 is 11.6 Å². The van der Waals surface area contributed by atoms with E-state index in [1.165, 1.54) is 19.3 Å². The van der Waals surface area contributed by atoms with Gasteiger partial charge in [-0.25, -0.2) is 0 Å². The topological polar surface area (TPSA) is 30.7 Å². The van der Waals surface area contributed by atoms with E-state index in [0.29, 0.717) is 17.8 Å². The van der Waals surface area contributed by atoms with E-state index < -0.39 is 0 Å². The van der Waals surface area contributed by atoms with E-state index in [1.807, 2.05) is 6.33 Å². The first-order valence-corrected chi connectivity index (χ1v) is 6.22. The van der Waals surface area contributed by atoms with Crippen molar-refractivity contribution in [3.05, 3.63) is 12.2 Å². The van der Waals surface area contributed by atoms with Gasteiger partial charge >= 0.3 is 0 Å². The van der Waals surface area contributed by atoms with Crippen LogP contribution in [0, 0.1) is 11.8 Å². The van der Waals surface area contributed by atoms with Crippen LogP contribution >= 0.6 is 11.6 Å². The zero-order valence-corrected chi connectivity index (χ0v) is 10.1. The molecule has 1 aromatic rings. The van der Waals surface area contributed by atoms with Crippen molar-refractivity contribution in [2.24, 2.45) is 11.8 Å². The molecule has 3 unspecified atom stereocenters. The third-order valence-corrected chi connectivity index (χ3v) is 4.03. The van der Waals surface area contributed by atoms with E-state index >= 15 is 0 Å². The van der Waals surface area contributed by atoms with Crippen LogP contribution in [-0.4, -0.2) is 14.8 Å². The summed E-state index contributed by atoms with van der Waals surface area (Å²) >= 11 is 5.85. The molecule has 0 amide bonds. The Hall–Kier alpha value is -0.570. The number of rotatable bonds is 2. The minimum atomic E-state index is 0.456. The number of alkyl halides is 1. The largest absolute Gasteiger partial charge is 0.313 e. The molecule has 1 fully saturated rings. The number of hydrogen-bond acceptors (Lipinski definition) is 2. The van der Waals surface area contributed by atoms with Crippen molar-refractivity contribution in [1.29, 1.82) is 0 Å². The van der Waals surface area contributed by atoms with Gasteiger partial charge in [-0.15, -0.1) is 21.8 Å². The van der Waals surface area contributed by atoms with Gasteiger partial charge in [0.2, 0.25) is 0 Å². The highest BCUT2D eigenvalue weighted by molar-refractivity contribution is 6.16. The van der Waals surface area contributed by atoms with E-state index in [-0.39, 0.29) is 0 Å². The van der Waals surface area contributed by atoms with Crippen LogP contribution in [-0.2, 0) is 5.88 Å². The predicted molar refractivity (Wildman–Crippen MR) is 60.8 cm³/mol. The van der Waals surface area contributed by atoms with Crippen molar-refractivity contribution in [1.82, 2.24) is 14.8 Å². The average molecular weight is 228 g/mol. The molecule has 84 valence electrons. The minimum absolute atomic E-state index is 0.456. The maximum atomic E-state index is 5.85. The van der Waals surface area contributed by atoms with Crippen molar-refractivity contribution in [2.75, 3.05) is 0 Å². The number of aromatic nitrogens is 3. The van der Waals surface area contributed by atoms with Crippen LogP contribution in [0.5, 0.6) is 0 Å². The Kier molecular flexibility index (Phi) is 3.29. The van der Waals surface area contributed by atoms with Crippen molar-refractivity contribution < 1.29 is 0 Å². The highest BCUT2D eigenvalue weighted by atomic mass is 35.5. The molecule has 1 aliphatic carbocycles. The third kappa shape index (κ3) is 2.03. The molecule has 2 rings (SSSR count). The van der Waals surface area contributed by atoms with Gasteiger partial charge in [0, 0.05) is 6.04 Å². The molecule has 4 heteroatoms. The summed E-state index contributed by atoms with van der Waals surface area (Å²) in [5, 5.41) is 8.01. The second-order valence-corrected chi connectivity index (χ2v) is 4.89. The lowest BCUT2D eigenvalue weighted by Crippen LogP contribution is -2.27. The first kappa shape index (κ1) is 10.9. The zero-order valence-electron chi connectivity index (χ0n) is 9.36. The molecule has 1 heterocycles. The smallest absolute Gasteiger partial charge is 0.148 e. The van der Waals surface area contributed by atoms with Crippen LogP contribution in [0.2, 0.25) is 0 Å². The molecule has 15 heavy (non-hydrogen) atoms. The quantitative estimate of drug-likeness (QED) is 0.728. The molecular formula is C11H18ClN3. The number of hydrogen-bond donors (Lipinski definition) is 0. The molecule has 0 aliphatic heterocycles. The predicted octanol–water partition coefficient (Wildman–Crippen LogP) is 3.01. The summed E-state index contributed by atoms with van der Waals surface area (Å²) < 4.78 is 2.17. The second kappa shape index (κ2) is 4.52.